The monoisotopic (exact) mass is 656 g/mol. The summed E-state index contributed by atoms with van der Waals surface area (Å²) in [6.45, 7) is 9.36. The van der Waals surface area contributed by atoms with Crippen LogP contribution >= 0.6 is 0 Å². The molecule has 258 valence electrons. The van der Waals surface area contributed by atoms with Gasteiger partial charge < -0.3 is 43.2 Å². The number of nitrogens with zero attached hydrogens (tertiary/aromatic N) is 2. The molecule has 0 amide bonds. The van der Waals surface area contributed by atoms with Crippen molar-refractivity contribution in [1.29, 1.82) is 0 Å². The lowest BCUT2D eigenvalue weighted by atomic mass is 9.65. The van der Waals surface area contributed by atoms with Crippen LogP contribution in [0.2, 0.25) is 0 Å². The lowest BCUT2D eigenvalue weighted by Crippen LogP contribution is -2.55. The van der Waals surface area contributed by atoms with Crippen LogP contribution in [0.15, 0.2) is 54.1 Å². The molecular weight excluding hydrogens is 608 g/mol. The van der Waals surface area contributed by atoms with Gasteiger partial charge in [0, 0.05) is 38.9 Å². The molecular formula is C35H48N2O10. The molecule has 0 radical (unpaired) electrons. The van der Waals surface area contributed by atoms with E-state index in [0.717, 1.165) is 6.42 Å². The highest BCUT2D eigenvalue weighted by Crippen LogP contribution is 2.49. The average molecular weight is 657 g/mol. The number of carbonyl (C=O) groups excluding carboxylic acids is 2. The fourth-order valence-corrected chi connectivity index (χ4v) is 7.19. The number of aliphatic hydroxyl groups excluding tert-OH is 2. The molecule has 0 spiro atoms. The minimum atomic E-state index is -1.43. The highest BCUT2D eigenvalue weighted by atomic mass is 16.7. The molecule has 2 N–H and O–H groups in total. The van der Waals surface area contributed by atoms with E-state index in [2.05, 4.69) is 37.9 Å². The number of hydrogen-bond acceptors (Lipinski definition) is 11. The lowest BCUT2D eigenvalue weighted by molar-refractivity contribution is -0.275. The Hall–Kier alpha value is -3.13. The molecule has 47 heavy (non-hydrogen) atoms. The Morgan fingerprint density at radius 1 is 1.23 bits per heavy atom. The molecule has 12 heteroatoms. The highest BCUT2D eigenvalue weighted by molar-refractivity contribution is 5.86. The van der Waals surface area contributed by atoms with E-state index < -0.39 is 54.0 Å². The predicted octanol–water partition coefficient (Wildman–Crippen LogP) is 3.24. The van der Waals surface area contributed by atoms with Gasteiger partial charge in [0.2, 0.25) is 5.79 Å². The van der Waals surface area contributed by atoms with Gasteiger partial charge in [-0.05, 0) is 68.6 Å². The average Bonchev–Trinajstić information content (AvgIpc) is 3.61. The summed E-state index contributed by atoms with van der Waals surface area (Å²) >= 11 is 0. The third-order valence-corrected chi connectivity index (χ3v) is 9.87. The molecule has 0 aromatic carbocycles. The third kappa shape index (κ3) is 7.48. The number of carbonyl (C=O) groups is 2. The van der Waals surface area contributed by atoms with Gasteiger partial charge in [-0.3, -0.25) is 4.79 Å². The zero-order valence-corrected chi connectivity index (χ0v) is 28.2. The molecule has 10 atom stereocenters. The summed E-state index contributed by atoms with van der Waals surface area (Å²) < 4.78 is 37.8. The number of rotatable bonds is 9. The number of allylic oxidation sites excluding steroid dienone is 3. The van der Waals surface area contributed by atoms with Gasteiger partial charge in [-0.1, -0.05) is 31.6 Å². The Bertz CT molecular complexity index is 1430. The highest BCUT2D eigenvalue weighted by Gasteiger charge is 2.54. The first-order chi connectivity index (χ1) is 22.2. The standard InChI is InChI=1S/C35H48N2O10/c1-20(2)25-10-8-21(3)26-15-29(46-30(40)11-9-24-16-37(6)19-36-24)34(5)12-13-35(42-7,47-34)23(14-27(25)26)17-43-33-31(41)32(45-22(4)38)28(39)18-44-33/h8-9,11-14,16,19-20,25-29,31-33,39,41H,10,15,17-18H2,1-7H3/b11-9+,23-14-/t25-,26+,27+,28+,29+,31+,32-,33+,34+,35-/m1/s1. The van der Waals surface area contributed by atoms with Crippen molar-refractivity contribution in [3.63, 3.8) is 0 Å². The Balaban J connectivity index is 1.47. The molecule has 1 aliphatic carbocycles. The summed E-state index contributed by atoms with van der Waals surface area (Å²) in [7, 11) is 3.40. The van der Waals surface area contributed by atoms with E-state index in [4.69, 9.17) is 28.4 Å². The largest absolute Gasteiger partial charge is 0.457 e. The number of fused-ring (bicyclic) bond motifs is 3. The van der Waals surface area contributed by atoms with Gasteiger partial charge in [0.15, 0.2) is 12.4 Å². The summed E-state index contributed by atoms with van der Waals surface area (Å²) in [6.07, 6.45) is 10.3. The second kappa shape index (κ2) is 14.2. The van der Waals surface area contributed by atoms with E-state index in [1.807, 2.05) is 26.1 Å². The molecule has 4 aliphatic rings. The Kier molecular flexibility index (Phi) is 10.6. The second-order valence-corrected chi connectivity index (χ2v) is 13.6. The van der Waals surface area contributed by atoms with E-state index in [1.165, 1.54) is 18.6 Å². The maximum Gasteiger partial charge on any atom is 0.331 e. The molecule has 0 unspecified atom stereocenters. The zero-order chi connectivity index (χ0) is 34.1. The summed E-state index contributed by atoms with van der Waals surface area (Å²) in [5.74, 6) is -1.87. The molecule has 1 aromatic heterocycles. The van der Waals surface area contributed by atoms with Crippen LogP contribution in [0.3, 0.4) is 0 Å². The first kappa shape index (κ1) is 35.2. The SMILES string of the molecule is CO[C@]12C=C[C@](C)(O1)[C@@H](OC(=O)/C=C/c1cn(C)cn1)C[C@H]1C(C)=CC[C@H](C(C)C)[C@@H]1/C=C\2CO[C@H]1OC[C@H](O)[C@@H](OC(C)=O)[C@@H]1O. The van der Waals surface area contributed by atoms with Gasteiger partial charge in [-0.25, -0.2) is 9.78 Å². The Labute approximate surface area is 276 Å². The van der Waals surface area contributed by atoms with Crippen LogP contribution < -0.4 is 0 Å². The maximum absolute atomic E-state index is 13.3. The van der Waals surface area contributed by atoms with Crippen LogP contribution in [0.4, 0.5) is 0 Å². The van der Waals surface area contributed by atoms with Gasteiger partial charge in [-0.2, -0.15) is 0 Å². The normalized spacial score (nSPS) is 38.2. The zero-order valence-electron chi connectivity index (χ0n) is 28.2. The summed E-state index contributed by atoms with van der Waals surface area (Å²) in [6, 6.07) is 0. The van der Waals surface area contributed by atoms with Crippen molar-refractivity contribution in [2.45, 2.75) is 89.6 Å². The van der Waals surface area contributed by atoms with Crippen LogP contribution in [0, 0.1) is 23.7 Å². The molecule has 4 heterocycles. The van der Waals surface area contributed by atoms with E-state index in [0.29, 0.717) is 23.6 Å². The van der Waals surface area contributed by atoms with Crippen molar-refractivity contribution in [1.82, 2.24) is 9.55 Å². The van der Waals surface area contributed by atoms with Crippen molar-refractivity contribution in [3.8, 4) is 0 Å². The van der Waals surface area contributed by atoms with Crippen molar-refractivity contribution in [2.75, 3.05) is 20.3 Å². The number of aryl methyl sites for hydroxylation is 1. The van der Waals surface area contributed by atoms with E-state index in [1.54, 1.807) is 30.3 Å². The molecule has 0 saturated carbocycles. The number of hydrogen-bond donors (Lipinski definition) is 2. The molecule has 2 bridgehead atoms. The minimum Gasteiger partial charge on any atom is -0.457 e. The third-order valence-electron chi connectivity index (χ3n) is 9.87. The van der Waals surface area contributed by atoms with E-state index >= 15 is 0 Å². The van der Waals surface area contributed by atoms with Crippen LogP contribution in [0.25, 0.3) is 6.08 Å². The van der Waals surface area contributed by atoms with Crippen molar-refractivity contribution in [3.05, 3.63) is 59.7 Å². The molecule has 1 fully saturated rings. The summed E-state index contributed by atoms with van der Waals surface area (Å²) in [5, 5.41) is 21.2. The minimum absolute atomic E-state index is 0.0173. The molecule has 3 aliphatic heterocycles. The maximum atomic E-state index is 13.3. The van der Waals surface area contributed by atoms with Crippen LogP contribution in [0.5, 0.6) is 0 Å². The smallest absolute Gasteiger partial charge is 0.331 e. The molecule has 12 nitrogen and oxygen atoms in total. The molecule has 1 aromatic rings. The fraction of sp³-hybridized carbons (Fsp3) is 0.629. The summed E-state index contributed by atoms with van der Waals surface area (Å²) in [4.78, 5) is 29.1. The predicted molar refractivity (Wildman–Crippen MR) is 170 cm³/mol. The quantitative estimate of drug-likeness (QED) is 0.229. The number of imidazole rings is 1. The number of esters is 2. The van der Waals surface area contributed by atoms with Gasteiger partial charge in [0.1, 0.15) is 23.9 Å². The van der Waals surface area contributed by atoms with Crippen molar-refractivity contribution >= 4 is 18.0 Å². The Morgan fingerprint density at radius 3 is 2.66 bits per heavy atom. The van der Waals surface area contributed by atoms with Crippen LogP contribution in [0.1, 0.15) is 53.2 Å². The van der Waals surface area contributed by atoms with Crippen molar-refractivity contribution in [2.24, 2.45) is 30.7 Å². The van der Waals surface area contributed by atoms with Gasteiger partial charge in [0.25, 0.3) is 0 Å². The van der Waals surface area contributed by atoms with Crippen molar-refractivity contribution < 1.29 is 48.2 Å². The van der Waals surface area contributed by atoms with Gasteiger partial charge in [-0.15, -0.1) is 0 Å². The molecule has 5 rings (SSSR count). The number of ether oxygens (including phenoxy) is 6. The van der Waals surface area contributed by atoms with E-state index in [-0.39, 0.29) is 31.0 Å². The number of aliphatic hydroxyl groups is 2. The Morgan fingerprint density at radius 2 is 2.00 bits per heavy atom. The molecule has 1 saturated heterocycles. The topological polar surface area (TPSA) is 148 Å². The lowest BCUT2D eigenvalue weighted by Gasteiger charge is -2.41. The fourth-order valence-electron chi connectivity index (χ4n) is 7.19. The van der Waals surface area contributed by atoms with E-state index in [9.17, 15) is 19.8 Å². The number of methoxy groups -OCH3 is 1. The van der Waals surface area contributed by atoms with Crippen LogP contribution in [-0.2, 0) is 45.1 Å². The number of aromatic nitrogens is 2. The second-order valence-electron chi connectivity index (χ2n) is 13.6. The summed E-state index contributed by atoms with van der Waals surface area (Å²) in [5.41, 5.74) is 1.44. The van der Waals surface area contributed by atoms with Gasteiger partial charge in [0.05, 0.1) is 25.2 Å². The first-order valence-electron chi connectivity index (χ1n) is 16.2. The van der Waals surface area contributed by atoms with Gasteiger partial charge >= 0.3 is 11.9 Å². The first-order valence-corrected chi connectivity index (χ1v) is 16.2. The van der Waals surface area contributed by atoms with Crippen LogP contribution in [-0.4, -0.2) is 94.1 Å².